The molecule has 26 heavy (non-hydrogen) atoms. The Morgan fingerprint density at radius 1 is 1.19 bits per heavy atom. The minimum atomic E-state index is 0.135. The summed E-state index contributed by atoms with van der Waals surface area (Å²) in [5.74, 6) is 0.866. The molecule has 3 aromatic rings. The van der Waals surface area contributed by atoms with E-state index in [2.05, 4.69) is 5.32 Å². The monoisotopic (exact) mass is 383 g/mol. The lowest BCUT2D eigenvalue weighted by Gasteiger charge is -2.10. The van der Waals surface area contributed by atoms with Crippen molar-refractivity contribution in [2.75, 3.05) is 12.4 Å². The zero-order valence-electron chi connectivity index (χ0n) is 14.5. The predicted octanol–water partition coefficient (Wildman–Crippen LogP) is 4.68. The fourth-order valence-corrected chi connectivity index (χ4v) is 3.49. The number of aliphatic hydroxyl groups is 1. The molecule has 4 nitrogen and oxygen atoms in total. The van der Waals surface area contributed by atoms with Crippen molar-refractivity contribution in [2.24, 2.45) is 0 Å². The third-order valence-corrected chi connectivity index (χ3v) is 4.90. The largest absolute Gasteiger partial charge is 0.501 e. The Bertz CT molecular complexity index is 950. The van der Waals surface area contributed by atoms with Crippen LogP contribution in [0.15, 0.2) is 66.3 Å². The molecule has 1 aromatic carbocycles. The van der Waals surface area contributed by atoms with E-state index in [1.165, 1.54) is 11.3 Å². The number of nitrogens with zero attached hydrogens (tertiary/aromatic N) is 1. The van der Waals surface area contributed by atoms with E-state index in [0.29, 0.717) is 10.7 Å². The van der Waals surface area contributed by atoms with Gasteiger partial charge < -0.3 is 15.2 Å². The fourth-order valence-electron chi connectivity index (χ4n) is 2.50. The van der Waals surface area contributed by atoms with Gasteiger partial charge in [-0.1, -0.05) is 24.4 Å². The second-order valence-electron chi connectivity index (χ2n) is 5.65. The highest BCUT2D eigenvalue weighted by Gasteiger charge is 2.24. The Morgan fingerprint density at radius 3 is 2.73 bits per heavy atom. The molecule has 0 aliphatic heterocycles. The number of hydrogen-bond acceptors (Lipinski definition) is 4. The maximum atomic E-state index is 10.9. The molecule has 0 aliphatic carbocycles. The standard InChI is InChI=1S/C20H18N2O2S2/c1-14-6-4-10-22(13-14)18(19(23)17-9-5-11-26-17)20(25)21-15-7-3-8-16(12-15)24-2/h3-13H,1-2H3,(H-,21,23,25)/p+1. The lowest BCUT2D eigenvalue weighted by atomic mass is 10.2. The molecule has 0 aliphatic rings. The van der Waals surface area contributed by atoms with Gasteiger partial charge in [0.05, 0.1) is 12.0 Å². The minimum Gasteiger partial charge on any atom is -0.501 e. The van der Waals surface area contributed by atoms with Gasteiger partial charge in [-0.2, -0.15) is 4.57 Å². The number of thiocarbonyl (C=S) groups is 1. The number of thiophene rings is 1. The molecular weight excluding hydrogens is 364 g/mol. The van der Waals surface area contributed by atoms with Crippen molar-refractivity contribution < 1.29 is 14.4 Å². The van der Waals surface area contributed by atoms with Crippen molar-refractivity contribution >= 4 is 45.7 Å². The zero-order valence-corrected chi connectivity index (χ0v) is 16.1. The number of anilines is 1. The molecule has 132 valence electrons. The van der Waals surface area contributed by atoms with Gasteiger partial charge in [0, 0.05) is 23.4 Å². The van der Waals surface area contributed by atoms with E-state index in [4.69, 9.17) is 17.0 Å². The predicted molar refractivity (Wildman–Crippen MR) is 111 cm³/mol. The molecule has 0 bridgehead atoms. The summed E-state index contributed by atoms with van der Waals surface area (Å²) in [4.78, 5) is 1.17. The van der Waals surface area contributed by atoms with Gasteiger partial charge in [-0.25, -0.2) is 0 Å². The van der Waals surface area contributed by atoms with E-state index in [1.807, 2.05) is 77.8 Å². The summed E-state index contributed by atoms with van der Waals surface area (Å²) in [6, 6.07) is 15.2. The molecule has 3 rings (SSSR count). The molecule has 0 atom stereocenters. The molecule has 0 amide bonds. The summed E-state index contributed by atoms with van der Waals surface area (Å²) in [6.07, 6.45) is 3.80. The van der Waals surface area contributed by atoms with E-state index in [9.17, 15) is 5.11 Å². The van der Waals surface area contributed by atoms with Crippen molar-refractivity contribution in [3.63, 3.8) is 0 Å². The summed E-state index contributed by atoms with van der Waals surface area (Å²) in [6.45, 7) is 1.99. The van der Waals surface area contributed by atoms with E-state index in [0.717, 1.165) is 21.9 Å². The first-order chi connectivity index (χ1) is 12.6. The average molecular weight is 384 g/mol. The minimum absolute atomic E-state index is 0.135. The number of methoxy groups -OCH3 is 1. The molecule has 0 saturated heterocycles. The maximum absolute atomic E-state index is 10.9. The van der Waals surface area contributed by atoms with Gasteiger partial charge in [-0.05, 0) is 36.6 Å². The van der Waals surface area contributed by atoms with Gasteiger partial charge in [-0.15, -0.1) is 11.3 Å². The van der Waals surface area contributed by atoms with Crippen LogP contribution >= 0.6 is 23.6 Å². The highest BCUT2D eigenvalue weighted by molar-refractivity contribution is 7.81. The van der Waals surface area contributed by atoms with Gasteiger partial charge in [0.1, 0.15) is 5.75 Å². The van der Waals surface area contributed by atoms with E-state index in [-0.39, 0.29) is 5.76 Å². The van der Waals surface area contributed by atoms with Crippen LogP contribution in [0.4, 0.5) is 5.69 Å². The van der Waals surface area contributed by atoms with Crippen LogP contribution < -0.4 is 14.6 Å². The summed E-state index contributed by atoms with van der Waals surface area (Å²) in [5.41, 5.74) is 2.38. The fraction of sp³-hybridized carbons (Fsp3) is 0.100. The van der Waals surface area contributed by atoms with Gasteiger partial charge in [0.25, 0.3) is 5.70 Å². The lowest BCUT2D eigenvalue weighted by Crippen LogP contribution is -2.38. The Balaban J connectivity index is 2.03. The number of aromatic nitrogens is 1. The van der Waals surface area contributed by atoms with Crippen molar-refractivity contribution in [3.05, 3.63) is 76.7 Å². The highest BCUT2D eigenvalue weighted by atomic mass is 32.1. The molecule has 2 N–H and O–H groups in total. The van der Waals surface area contributed by atoms with Crippen LogP contribution in [0, 0.1) is 6.92 Å². The van der Waals surface area contributed by atoms with E-state index in [1.54, 1.807) is 7.11 Å². The van der Waals surface area contributed by atoms with Gasteiger partial charge >= 0.3 is 0 Å². The van der Waals surface area contributed by atoms with Crippen molar-refractivity contribution in [1.29, 1.82) is 0 Å². The Hall–Kier alpha value is -2.70. The number of aryl methyl sites for hydroxylation is 1. The first-order valence-corrected chi connectivity index (χ1v) is 9.28. The number of ether oxygens (including phenoxy) is 1. The van der Waals surface area contributed by atoms with Gasteiger partial charge in [0.2, 0.25) is 5.76 Å². The smallest absolute Gasteiger partial charge is 0.289 e. The molecule has 2 aromatic heterocycles. The van der Waals surface area contributed by atoms with Crippen LogP contribution in [-0.2, 0) is 0 Å². The molecule has 6 heteroatoms. The number of pyridine rings is 1. The SMILES string of the molecule is COc1cccc(NC(=S)/C(=C(/O)c2cccs2)[n+]2cccc(C)c2)c1. The Morgan fingerprint density at radius 2 is 2.04 bits per heavy atom. The lowest BCUT2D eigenvalue weighted by molar-refractivity contribution is -0.576. The Labute approximate surface area is 162 Å². The van der Waals surface area contributed by atoms with Crippen LogP contribution in [0.25, 0.3) is 11.5 Å². The van der Waals surface area contributed by atoms with E-state index < -0.39 is 0 Å². The van der Waals surface area contributed by atoms with Gasteiger partial charge in [0.15, 0.2) is 17.4 Å². The third kappa shape index (κ3) is 4.09. The molecule has 0 unspecified atom stereocenters. The topological polar surface area (TPSA) is 45.4 Å². The summed E-state index contributed by atoms with van der Waals surface area (Å²) in [7, 11) is 1.62. The first kappa shape index (κ1) is 18.1. The van der Waals surface area contributed by atoms with Crippen molar-refractivity contribution in [2.45, 2.75) is 6.92 Å². The van der Waals surface area contributed by atoms with Crippen molar-refractivity contribution in [1.82, 2.24) is 0 Å². The molecule has 0 saturated carbocycles. The molecule has 0 spiro atoms. The normalized spacial score (nSPS) is 11.6. The van der Waals surface area contributed by atoms with Crippen LogP contribution in [-0.4, -0.2) is 17.2 Å². The number of nitrogens with one attached hydrogen (secondary N) is 1. The van der Waals surface area contributed by atoms with E-state index >= 15 is 0 Å². The summed E-state index contributed by atoms with van der Waals surface area (Å²) in [5, 5.41) is 16.0. The second kappa shape index (κ2) is 8.12. The number of hydrogen-bond donors (Lipinski definition) is 2. The molecule has 0 radical (unpaired) electrons. The van der Waals surface area contributed by atoms with Crippen LogP contribution in [0.1, 0.15) is 10.4 Å². The first-order valence-electron chi connectivity index (χ1n) is 7.99. The van der Waals surface area contributed by atoms with Gasteiger partial charge in [-0.3, -0.25) is 0 Å². The molecule has 2 heterocycles. The Kier molecular flexibility index (Phi) is 5.65. The summed E-state index contributed by atoms with van der Waals surface area (Å²) >= 11 is 7.09. The highest BCUT2D eigenvalue weighted by Crippen LogP contribution is 2.24. The number of aliphatic hydroxyl groups excluding tert-OH is 1. The number of rotatable bonds is 5. The van der Waals surface area contributed by atoms with Crippen LogP contribution in [0.2, 0.25) is 0 Å². The number of benzene rings is 1. The van der Waals surface area contributed by atoms with Crippen molar-refractivity contribution in [3.8, 4) is 5.75 Å². The molecular formula is C20H19N2O2S2+. The second-order valence-corrected chi connectivity index (χ2v) is 7.01. The third-order valence-electron chi connectivity index (χ3n) is 3.73. The molecule has 0 fully saturated rings. The van der Waals surface area contributed by atoms with Crippen LogP contribution in [0.3, 0.4) is 0 Å². The summed E-state index contributed by atoms with van der Waals surface area (Å²) < 4.78 is 7.09. The van der Waals surface area contributed by atoms with Crippen LogP contribution in [0.5, 0.6) is 5.75 Å². The zero-order chi connectivity index (χ0) is 18.5. The maximum Gasteiger partial charge on any atom is 0.289 e. The quantitative estimate of drug-likeness (QED) is 0.291. The average Bonchev–Trinajstić information content (AvgIpc) is 3.17.